The van der Waals surface area contributed by atoms with E-state index in [1.165, 1.54) is 17.7 Å². The monoisotopic (exact) mass is 331 g/mol. The van der Waals surface area contributed by atoms with Crippen molar-refractivity contribution in [3.63, 3.8) is 0 Å². The van der Waals surface area contributed by atoms with E-state index in [2.05, 4.69) is 16.3 Å². The molecule has 24 heavy (non-hydrogen) atoms. The van der Waals surface area contributed by atoms with Gasteiger partial charge in [-0.2, -0.15) is 0 Å². The molecule has 1 aromatic rings. The number of primary amides is 1. The normalized spacial score (nSPS) is 23.0. The van der Waals surface area contributed by atoms with Gasteiger partial charge in [-0.1, -0.05) is 18.2 Å². The molecule has 0 spiro atoms. The molecular weight excluding hydrogens is 305 g/mol. The van der Waals surface area contributed by atoms with Crippen LogP contribution < -0.4 is 11.1 Å². The van der Waals surface area contributed by atoms with Crippen molar-refractivity contribution in [2.24, 2.45) is 5.73 Å². The zero-order valence-electron chi connectivity index (χ0n) is 14.0. The summed E-state index contributed by atoms with van der Waals surface area (Å²) in [5, 5.41) is 3.77. The van der Waals surface area contributed by atoms with Crippen molar-refractivity contribution >= 4 is 11.5 Å². The number of halogens is 1. The number of piperidine rings is 1. The molecule has 1 aliphatic heterocycles. The molecule has 5 heteroatoms. The third kappa shape index (κ3) is 4.65. The van der Waals surface area contributed by atoms with E-state index in [4.69, 9.17) is 5.73 Å². The number of nitrogens with two attached hydrogens (primary N) is 1. The van der Waals surface area contributed by atoms with Crippen LogP contribution in [0.15, 0.2) is 30.3 Å². The molecule has 1 saturated heterocycles. The smallest absolute Gasteiger partial charge is 0.231 e. The summed E-state index contributed by atoms with van der Waals surface area (Å²) >= 11 is 0. The predicted molar refractivity (Wildman–Crippen MR) is 93.8 cm³/mol. The van der Waals surface area contributed by atoms with Gasteiger partial charge in [0, 0.05) is 25.2 Å². The average molecular weight is 331 g/mol. The molecule has 4 nitrogen and oxygen atoms in total. The average Bonchev–Trinajstić information content (AvgIpc) is 2.58. The zero-order chi connectivity index (χ0) is 16.9. The summed E-state index contributed by atoms with van der Waals surface area (Å²) in [6, 6.07) is 7.83. The minimum atomic E-state index is -0.243. The number of amides is 1. The fourth-order valence-electron chi connectivity index (χ4n) is 3.72. The summed E-state index contributed by atoms with van der Waals surface area (Å²) in [5.74, 6) is -0.426. The van der Waals surface area contributed by atoms with Crippen LogP contribution in [0.25, 0.3) is 5.57 Å². The molecule has 1 fully saturated rings. The molecule has 3 rings (SSSR count). The number of hydrogen-bond donors (Lipinski definition) is 2. The Kier molecular flexibility index (Phi) is 5.63. The van der Waals surface area contributed by atoms with Crippen LogP contribution in [0.4, 0.5) is 4.39 Å². The fourth-order valence-corrected chi connectivity index (χ4v) is 3.72. The SMILES string of the molecule is NC(=O)CN1CCC(N[C@@H]2CC=C(c3ccc(F)cc3)CC2)CC1. The summed E-state index contributed by atoms with van der Waals surface area (Å²) in [6.45, 7) is 2.24. The molecule has 0 saturated carbocycles. The van der Waals surface area contributed by atoms with E-state index in [0.717, 1.165) is 50.8 Å². The lowest BCUT2D eigenvalue weighted by Crippen LogP contribution is -2.48. The molecule has 0 radical (unpaired) electrons. The maximum atomic E-state index is 13.0. The first-order chi connectivity index (χ1) is 11.6. The van der Waals surface area contributed by atoms with Crippen LogP contribution in [-0.4, -0.2) is 42.5 Å². The van der Waals surface area contributed by atoms with Crippen molar-refractivity contribution < 1.29 is 9.18 Å². The Morgan fingerprint density at radius 3 is 2.46 bits per heavy atom. The van der Waals surface area contributed by atoms with Gasteiger partial charge < -0.3 is 11.1 Å². The van der Waals surface area contributed by atoms with Crippen molar-refractivity contribution in [1.82, 2.24) is 10.2 Å². The van der Waals surface area contributed by atoms with Gasteiger partial charge in [-0.25, -0.2) is 4.39 Å². The standard InChI is InChI=1S/C19H26FN3O/c20-16-5-1-14(2-6-16)15-3-7-17(8-4-15)22-18-9-11-23(12-10-18)13-19(21)24/h1-3,5-6,17-18,22H,4,7-13H2,(H2,21,24)/t17-/m1/s1. The Morgan fingerprint density at radius 1 is 1.17 bits per heavy atom. The van der Waals surface area contributed by atoms with Gasteiger partial charge in [0.25, 0.3) is 0 Å². The number of likely N-dealkylation sites (tertiary alicyclic amines) is 1. The third-order valence-corrected chi connectivity index (χ3v) is 5.06. The molecular formula is C19H26FN3O. The number of nitrogens with one attached hydrogen (secondary N) is 1. The van der Waals surface area contributed by atoms with Gasteiger partial charge >= 0.3 is 0 Å². The number of carbonyl (C=O) groups is 1. The molecule has 3 N–H and O–H groups in total. The van der Waals surface area contributed by atoms with Crippen LogP contribution in [0.1, 0.15) is 37.7 Å². The minimum Gasteiger partial charge on any atom is -0.369 e. The zero-order valence-corrected chi connectivity index (χ0v) is 14.0. The quantitative estimate of drug-likeness (QED) is 0.870. The highest BCUT2D eigenvalue weighted by Gasteiger charge is 2.23. The predicted octanol–water partition coefficient (Wildman–Crippen LogP) is 2.30. The van der Waals surface area contributed by atoms with Gasteiger partial charge in [-0.05, 0) is 55.4 Å². The second kappa shape index (κ2) is 7.90. The van der Waals surface area contributed by atoms with Gasteiger partial charge in [0.1, 0.15) is 5.82 Å². The first-order valence-electron chi connectivity index (χ1n) is 8.82. The largest absolute Gasteiger partial charge is 0.369 e. The van der Waals surface area contributed by atoms with Gasteiger partial charge in [0.15, 0.2) is 0 Å². The summed E-state index contributed by atoms with van der Waals surface area (Å²) < 4.78 is 13.0. The number of hydrogen-bond acceptors (Lipinski definition) is 3. The van der Waals surface area contributed by atoms with E-state index in [9.17, 15) is 9.18 Å². The molecule has 1 aromatic carbocycles. The summed E-state index contributed by atoms with van der Waals surface area (Å²) in [5.41, 5.74) is 7.71. The van der Waals surface area contributed by atoms with Crippen LogP contribution in [0.2, 0.25) is 0 Å². The minimum absolute atomic E-state index is 0.183. The molecule has 1 atom stereocenters. The van der Waals surface area contributed by atoms with E-state index in [1.807, 2.05) is 12.1 Å². The van der Waals surface area contributed by atoms with Crippen LogP contribution >= 0.6 is 0 Å². The Bertz CT molecular complexity index is 591. The third-order valence-electron chi connectivity index (χ3n) is 5.06. The van der Waals surface area contributed by atoms with E-state index in [1.54, 1.807) is 0 Å². The molecule has 1 heterocycles. The van der Waals surface area contributed by atoms with Crippen molar-refractivity contribution in [3.8, 4) is 0 Å². The number of benzene rings is 1. The van der Waals surface area contributed by atoms with Crippen LogP contribution in [0, 0.1) is 5.82 Å². The lowest BCUT2D eigenvalue weighted by molar-refractivity contribution is -0.119. The Balaban J connectivity index is 1.45. The topological polar surface area (TPSA) is 58.4 Å². The maximum Gasteiger partial charge on any atom is 0.231 e. The molecule has 1 amide bonds. The highest BCUT2D eigenvalue weighted by molar-refractivity contribution is 5.75. The van der Waals surface area contributed by atoms with Gasteiger partial charge in [-0.3, -0.25) is 9.69 Å². The number of carbonyl (C=O) groups excluding carboxylic acids is 1. The lowest BCUT2D eigenvalue weighted by atomic mass is 9.90. The van der Waals surface area contributed by atoms with Crippen LogP contribution in [0.5, 0.6) is 0 Å². The summed E-state index contributed by atoms with van der Waals surface area (Å²) in [7, 11) is 0. The summed E-state index contributed by atoms with van der Waals surface area (Å²) in [4.78, 5) is 13.1. The van der Waals surface area contributed by atoms with Gasteiger partial charge in [0.05, 0.1) is 6.54 Å². The second-order valence-corrected chi connectivity index (χ2v) is 6.89. The van der Waals surface area contributed by atoms with E-state index >= 15 is 0 Å². The molecule has 130 valence electrons. The second-order valence-electron chi connectivity index (χ2n) is 6.89. The Hall–Kier alpha value is -1.72. The van der Waals surface area contributed by atoms with E-state index in [-0.39, 0.29) is 11.7 Å². The molecule has 0 unspecified atom stereocenters. The van der Waals surface area contributed by atoms with Crippen molar-refractivity contribution in [3.05, 3.63) is 41.7 Å². The van der Waals surface area contributed by atoms with Crippen LogP contribution in [-0.2, 0) is 4.79 Å². The lowest BCUT2D eigenvalue weighted by Gasteiger charge is -2.35. The molecule has 0 aromatic heterocycles. The highest BCUT2D eigenvalue weighted by atomic mass is 19.1. The van der Waals surface area contributed by atoms with E-state index < -0.39 is 0 Å². The molecule has 2 aliphatic rings. The summed E-state index contributed by atoms with van der Waals surface area (Å²) in [6.07, 6.45) is 7.59. The number of nitrogens with zero attached hydrogens (tertiary/aromatic N) is 1. The number of allylic oxidation sites excluding steroid dienone is 1. The van der Waals surface area contributed by atoms with Gasteiger partial charge in [-0.15, -0.1) is 0 Å². The fraction of sp³-hybridized carbons (Fsp3) is 0.526. The molecule has 1 aliphatic carbocycles. The maximum absolute atomic E-state index is 13.0. The number of rotatable bonds is 5. The van der Waals surface area contributed by atoms with Crippen molar-refractivity contribution in [1.29, 1.82) is 0 Å². The first kappa shape index (κ1) is 17.1. The van der Waals surface area contributed by atoms with Gasteiger partial charge in [0.2, 0.25) is 5.91 Å². The first-order valence-corrected chi connectivity index (χ1v) is 8.82. The van der Waals surface area contributed by atoms with Crippen LogP contribution in [0.3, 0.4) is 0 Å². The van der Waals surface area contributed by atoms with E-state index in [0.29, 0.717) is 18.6 Å². The Morgan fingerprint density at radius 2 is 1.88 bits per heavy atom. The van der Waals surface area contributed by atoms with Crippen molar-refractivity contribution in [2.75, 3.05) is 19.6 Å². The Labute approximate surface area is 142 Å². The van der Waals surface area contributed by atoms with Crippen molar-refractivity contribution in [2.45, 2.75) is 44.2 Å². The highest BCUT2D eigenvalue weighted by Crippen LogP contribution is 2.27. The molecule has 0 bridgehead atoms.